The van der Waals surface area contributed by atoms with E-state index < -0.39 is 22.0 Å². The number of ether oxygens (including phenoxy) is 1. The van der Waals surface area contributed by atoms with Gasteiger partial charge in [-0.15, -0.1) is 0 Å². The van der Waals surface area contributed by atoms with Crippen LogP contribution in [0.5, 0.6) is 0 Å². The first-order chi connectivity index (χ1) is 10.8. The Morgan fingerprint density at radius 3 is 2.48 bits per heavy atom. The number of aliphatic imine (C=N–C) groups is 1. The van der Waals surface area contributed by atoms with Crippen LogP contribution in [0, 0.1) is 0 Å². The standard InChI is InChI=1S/C13H19ClN4O4S/c1-22-12(19)11(3-2-8-17-13(15)16)18-23(20,21)10-6-4-9(14)5-7-10/h4-7,11,18H,2-3,8H2,1H3,(H4,15,16,17). The fourth-order valence-electron chi connectivity index (χ4n) is 1.74. The van der Waals surface area contributed by atoms with Crippen LogP contribution in [-0.4, -0.2) is 40.0 Å². The van der Waals surface area contributed by atoms with Gasteiger partial charge in [-0.2, -0.15) is 4.72 Å². The molecule has 0 heterocycles. The molecule has 0 aliphatic carbocycles. The maximum Gasteiger partial charge on any atom is 0.323 e. The number of carbonyl (C=O) groups is 1. The van der Waals surface area contributed by atoms with Crippen LogP contribution in [-0.2, 0) is 19.6 Å². The summed E-state index contributed by atoms with van der Waals surface area (Å²) in [5, 5.41) is 0.408. The highest BCUT2D eigenvalue weighted by Crippen LogP contribution is 2.15. The van der Waals surface area contributed by atoms with Gasteiger partial charge in [0.25, 0.3) is 0 Å². The molecule has 10 heteroatoms. The molecule has 1 aromatic carbocycles. The normalized spacial score (nSPS) is 12.4. The summed E-state index contributed by atoms with van der Waals surface area (Å²) in [5.41, 5.74) is 10.4. The van der Waals surface area contributed by atoms with E-state index in [2.05, 4.69) is 14.5 Å². The third-order valence-corrected chi connectivity index (χ3v) is 4.59. The van der Waals surface area contributed by atoms with Crippen molar-refractivity contribution in [1.82, 2.24) is 4.72 Å². The van der Waals surface area contributed by atoms with Crippen LogP contribution in [0.3, 0.4) is 0 Å². The van der Waals surface area contributed by atoms with E-state index in [1.54, 1.807) is 0 Å². The van der Waals surface area contributed by atoms with Gasteiger partial charge < -0.3 is 16.2 Å². The van der Waals surface area contributed by atoms with Crippen molar-refractivity contribution in [2.75, 3.05) is 13.7 Å². The molecule has 0 radical (unpaired) electrons. The van der Waals surface area contributed by atoms with E-state index in [0.717, 1.165) is 0 Å². The molecular weight excluding hydrogens is 344 g/mol. The first kappa shape index (κ1) is 19.2. The van der Waals surface area contributed by atoms with Gasteiger partial charge in [0, 0.05) is 11.6 Å². The molecular formula is C13H19ClN4O4S. The van der Waals surface area contributed by atoms with Gasteiger partial charge >= 0.3 is 5.97 Å². The Morgan fingerprint density at radius 2 is 1.96 bits per heavy atom. The molecule has 0 saturated heterocycles. The summed E-state index contributed by atoms with van der Waals surface area (Å²) < 4.78 is 31.5. The number of nitrogens with two attached hydrogens (primary N) is 2. The van der Waals surface area contributed by atoms with Gasteiger partial charge in [0.15, 0.2) is 5.96 Å². The van der Waals surface area contributed by atoms with Crippen molar-refractivity contribution >= 4 is 33.6 Å². The SMILES string of the molecule is COC(=O)C(CCCN=C(N)N)NS(=O)(=O)c1ccc(Cl)cc1. The lowest BCUT2D eigenvalue weighted by molar-refractivity contribution is -0.142. The average Bonchev–Trinajstić information content (AvgIpc) is 2.49. The highest BCUT2D eigenvalue weighted by molar-refractivity contribution is 7.89. The molecule has 1 unspecified atom stereocenters. The zero-order valence-electron chi connectivity index (χ0n) is 12.5. The zero-order chi connectivity index (χ0) is 17.5. The van der Waals surface area contributed by atoms with E-state index in [1.165, 1.54) is 31.4 Å². The molecule has 0 fully saturated rings. The van der Waals surface area contributed by atoms with Gasteiger partial charge in [-0.1, -0.05) is 11.6 Å². The molecule has 1 aromatic rings. The molecule has 8 nitrogen and oxygen atoms in total. The van der Waals surface area contributed by atoms with E-state index in [0.29, 0.717) is 11.4 Å². The second-order valence-electron chi connectivity index (χ2n) is 4.60. The van der Waals surface area contributed by atoms with E-state index in [9.17, 15) is 13.2 Å². The lowest BCUT2D eigenvalue weighted by atomic mass is 10.2. The van der Waals surface area contributed by atoms with Crippen molar-refractivity contribution in [3.05, 3.63) is 29.3 Å². The molecule has 0 bridgehead atoms. The zero-order valence-corrected chi connectivity index (χ0v) is 14.1. The van der Waals surface area contributed by atoms with E-state index in [4.69, 9.17) is 23.1 Å². The van der Waals surface area contributed by atoms with Gasteiger partial charge in [-0.3, -0.25) is 9.79 Å². The van der Waals surface area contributed by atoms with Crippen molar-refractivity contribution in [1.29, 1.82) is 0 Å². The van der Waals surface area contributed by atoms with Crippen LogP contribution < -0.4 is 16.2 Å². The number of esters is 1. The topological polar surface area (TPSA) is 137 Å². The third-order valence-electron chi connectivity index (χ3n) is 2.85. The number of nitrogens with one attached hydrogen (secondary N) is 1. The average molecular weight is 363 g/mol. The Labute approximate surface area is 139 Å². The molecule has 1 atom stereocenters. The van der Waals surface area contributed by atoms with Gasteiger partial charge in [-0.25, -0.2) is 8.42 Å². The molecule has 0 saturated carbocycles. The number of carbonyl (C=O) groups excluding carboxylic acids is 1. The molecule has 1 rings (SSSR count). The summed E-state index contributed by atoms with van der Waals surface area (Å²) in [6, 6.07) is 4.55. The summed E-state index contributed by atoms with van der Waals surface area (Å²) >= 11 is 5.73. The van der Waals surface area contributed by atoms with Crippen LogP contribution in [0.2, 0.25) is 5.02 Å². The highest BCUT2D eigenvalue weighted by atomic mass is 35.5. The highest BCUT2D eigenvalue weighted by Gasteiger charge is 2.26. The van der Waals surface area contributed by atoms with Gasteiger partial charge in [0.05, 0.1) is 12.0 Å². The van der Waals surface area contributed by atoms with Crippen molar-refractivity contribution in [2.24, 2.45) is 16.5 Å². The van der Waals surface area contributed by atoms with Crippen LogP contribution >= 0.6 is 11.6 Å². The van der Waals surface area contributed by atoms with Gasteiger partial charge in [0.2, 0.25) is 10.0 Å². The Kier molecular flexibility index (Phi) is 7.27. The van der Waals surface area contributed by atoms with E-state index >= 15 is 0 Å². The molecule has 23 heavy (non-hydrogen) atoms. The predicted molar refractivity (Wildman–Crippen MR) is 87.5 cm³/mol. The summed E-state index contributed by atoms with van der Waals surface area (Å²) in [5.74, 6) is -0.756. The quantitative estimate of drug-likeness (QED) is 0.262. The lowest BCUT2D eigenvalue weighted by Crippen LogP contribution is -2.41. The van der Waals surface area contributed by atoms with Crippen LogP contribution in [0.15, 0.2) is 34.2 Å². The molecule has 5 N–H and O–H groups in total. The molecule has 0 aliphatic rings. The van der Waals surface area contributed by atoms with Crippen molar-refractivity contribution < 1.29 is 17.9 Å². The summed E-state index contributed by atoms with van der Waals surface area (Å²) in [6.45, 7) is 0.276. The first-order valence-corrected chi connectivity index (χ1v) is 8.53. The molecule has 0 aliphatic heterocycles. The number of sulfonamides is 1. The second kappa shape index (κ2) is 8.70. The van der Waals surface area contributed by atoms with Crippen molar-refractivity contribution in [3.63, 3.8) is 0 Å². The number of hydrogen-bond donors (Lipinski definition) is 3. The van der Waals surface area contributed by atoms with E-state index in [-0.39, 0.29) is 23.8 Å². The number of methoxy groups -OCH3 is 1. The maximum atomic E-state index is 12.3. The number of nitrogens with zero attached hydrogens (tertiary/aromatic N) is 1. The van der Waals surface area contributed by atoms with Gasteiger partial charge in [-0.05, 0) is 37.1 Å². The fourth-order valence-corrected chi connectivity index (χ4v) is 3.08. The molecule has 0 spiro atoms. The minimum Gasteiger partial charge on any atom is -0.468 e. The summed E-state index contributed by atoms with van der Waals surface area (Å²) in [7, 11) is -2.70. The molecule has 0 amide bonds. The number of halogens is 1. The van der Waals surface area contributed by atoms with Gasteiger partial charge in [0.1, 0.15) is 6.04 Å². The number of benzene rings is 1. The minimum atomic E-state index is -3.88. The Hall–Kier alpha value is -1.84. The van der Waals surface area contributed by atoms with Crippen LogP contribution in [0.4, 0.5) is 0 Å². The van der Waals surface area contributed by atoms with E-state index in [1.807, 2.05) is 0 Å². The molecule has 0 aromatic heterocycles. The predicted octanol–water partition coefficient (Wildman–Crippen LogP) is 0.214. The van der Waals surface area contributed by atoms with Crippen molar-refractivity contribution in [3.8, 4) is 0 Å². The Balaban J connectivity index is 2.81. The first-order valence-electron chi connectivity index (χ1n) is 6.67. The fraction of sp³-hybridized carbons (Fsp3) is 0.385. The Bertz CT molecular complexity index is 657. The minimum absolute atomic E-state index is 0.0000246. The smallest absolute Gasteiger partial charge is 0.323 e. The lowest BCUT2D eigenvalue weighted by Gasteiger charge is -2.16. The largest absolute Gasteiger partial charge is 0.468 e. The monoisotopic (exact) mass is 362 g/mol. The summed E-state index contributed by atoms with van der Waals surface area (Å²) in [4.78, 5) is 15.5. The number of hydrogen-bond acceptors (Lipinski definition) is 5. The third kappa shape index (κ3) is 6.43. The number of rotatable bonds is 8. The molecule has 128 valence electrons. The maximum absolute atomic E-state index is 12.3. The Morgan fingerprint density at radius 1 is 1.35 bits per heavy atom. The number of guanidine groups is 1. The van der Waals surface area contributed by atoms with Crippen LogP contribution in [0.1, 0.15) is 12.8 Å². The summed E-state index contributed by atoms with van der Waals surface area (Å²) in [6.07, 6.45) is 0.594. The van der Waals surface area contributed by atoms with Crippen molar-refractivity contribution in [2.45, 2.75) is 23.8 Å². The second-order valence-corrected chi connectivity index (χ2v) is 6.75. The van der Waals surface area contributed by atoms with Crippen LogP contribution in [0.25, 0.3) is 0 Å².